The van der Waals surface area contributed by atoms with Gasteiger partial charge in [-0.25, -0.2) is 0 Å². The smallest absolute Gasteiger partial charge is 0.253 e. The van der Waals surface area contributed by atoms with Crippen molar-refractivity contribution >= 4 is 11.6 Å². The lowest BCUT2D eigenvalue weighted by Crippen LogP contribution is -2.60. The molecule has 0 bridgehead atoms. The Bertz CT molecular complexity index is 726. The summed E-state index contributed by atoms with van der Waals surface area (Å²) in [6.45, 7) is 5.68. The van der Waals surface area contributed by atoms with Crippen molar-refractivity contribution in [3.05, 3.63) is 42.2 Å². The first-order chi connectivity index (χ1) is 12.1. The maximum absolute atomic E-state index is 12.3. The highest BCUT2D eigenvalue weighted by Crippen LogP contribution is 2.28. The lowest BCUT2D eigenvalue weighted by molar-refractivity contribution is -0.146. The van der Waals surface area contributed by atoms with Crippen molar-refractivity contribution in [3.8, 4) is 0 Å². The molecule has 2 aromatic heterocycles. The monoisotopic (exact) mass is 346 g/mol. The SMILES string of the molecule is Cc1ccc(CN2CCOCC3(C2)CN(c2ccoc2)C(=O)CO3)o1. The molecule has 4 heterocycles. The number of nitrogens with zero attached hydrogens (tertiary/aromatic N) is 2. The molecule has 2 aromatic rings. The van der Waals surface area contributed by atoms with Crippen LogP contribution < -0.4 is 4.90 Å². The number of aryl methyl sites for hydroxylation is 1. The van der Waals surface area contributed by atoms with Crippen LogP contribution in [-0.2, 0) is 20.8 Å². The van der Waals surface area contributed by atoms with Gasteiger partial charge in [0.25, 0.3) is 5.91 Å². The highest BCUT2D eigenvalue weighted by molar-refractivity contribution is 5.95. The van der Waals surface area contributed by atoms with E-state index in [-0.39, 0.29) is 12.5 Å². The summed E-state index contributed by atoms with van der Waals surface area (Å²) in [4.78, 5) is 16.2. The second-order valence-electron chi connectivity index (χ2n) is 6.71. The molecule has 7 nitrogen and oxygen atoms in total. The minimum absolute atomic E-state index is 0.0439. The van der Waals surface area contributed by atoms with Crippen LogP contribution in [0.15, 0.2) is 39.6 Å². The number of anilines is 1. The Labute approximate surface area is 146 Å². The van der Waals surface area contributed by atoms with Crippen LogP contribution in [0.4, 0.5) is 5.69 Å². The zero-order valence-corrected chi connectivity index (χ0v) is 14.3. The fourth-order valence-electron chi connectivity index (χ4n) is 3.45. The summed E-state index contributed by atoms with van der Waals surface area (Å²) in [7, 11) is 0. The maximum Gasteiger partial charge on any atom is 0.253 e. The molecule has 134 valence electrons. The Morgan fingerprint density at radius 2 is 2.16 bits per heavy atom. The Morgan fingerprint density at radius 3 is 2.92 bits per heavy atom. The average Bonchev–Trinajstić information content (AvgIpc) is 3.22. The Morgan fingerprint density at radius 1 is 1.24 bits per heavy atom. The van der Waals surface area contributed by atoms with E-state index in [9.17, 15) is 4.79 Å². The van der Waals surface area contributed by atoms with Gasteiger partial charge in [0.05, 0.1) is 38.3 Å². The minimum atomic E-state index is -0.552. The number of carbonyl (C=O) groups excluding carboxylic acids is 1. The molecule has 1 amide bonds. The first-order valence-electron chi connectivity index (χ1n) is 8.46. The van der Waals surface area contributed by atoms with Gasteiger partial charge in [-0.3, -0.25) is 9.69 Å². The van der Waals surface area contributed by atoms with Crippen molar-refractivity contribution < 1.29 is 23.1 Å². The van der Waals surface area contributed by atoms with E-state index < -0.39 is 5.60 Å². The lowest BCUT2D eigenvalue weighted by Gasteiger charge is -2.42. The minimum Gasteiger partial charge on any atom is -0.470 e. The molecule has 1 atom stereocenters. The van der Waals surface area contributed by atoms with Crippen molar-refractivity contribution in [3.63, 3.8) is 0 Å². The predicted octanol–water partition coefficient (Wildman–Crippen LogP) is 1.82. The van der Waals surface area contributed by atoms with Crippen LogP contribution in [-0.4, -0.2) is 55.9 Å². The van der Waals surface area contributed by atoms with Gasteiger partial charge in [0.2, 0.25) is 0 Å². The highest BCUT2D eigenvalue weighted by atomic mass is 16.6. The van der Waals surface area contributed by atoms with Gasteiger partial charge in [0.15, 0.2) is 0 Å². The van der Waals surface area contributed by atoms with Gasteiger partial charge in [-0.2, -0.15) is 0 Å². The van der Waals surface area contributed by atoms with E-state index in [0.717, 1.165) is 23.8 Å². The molecular weight excluding hydrogens is 324 g/mol. The molecule has 1 unspecified atom stereocenters. The van der Waals surface area contributed by atoms with Crippen LogP contribution in [0.1, 0.15) is 11.5 Å². The van der Waals surface area contributed by atoms with Gasteiger partial charge in [-0.05, 0) is 19.1 Å². The maximum atomic E-state index is 12.3. The van der Waals surface area contributed by atoms with E-state index in [1.807, 2.05) is 19.1 Å². The van der Waals surface area contributed by atoms with Crippen LogP contribution in [0.3, 0.4) is 0 Å². The molecule has 4 rings (SSSR count). The number of ether oxygens (including phenoxy) is 2. The molecule has 0 aromatic carbocycles. The summed E-state index contributed by atoms with van der Waals surface area (Å²) < 4.78 is 22.6. The van der Waals surface area contributed by atoms with E-state index in [0.29, 0.717) is 32.8 Å². The molecule has 0 N–H and O–H groups in total. The number of hydrogen-bond donors (Lipinski definition) is 0. The normalized spacial score (nSPS) is 25.5. The summed E-state index contributed by atoms with van der Waals surface area (Å²) in [5.74, 6) is 1.76. The van der Waals surface area contributed by atoms with Crippen LogP contribution in [0, 0.1) is 6.92 Å². The van der Waals surface area contributed by atoms with Crippen LogP contribution >= 0.6 is 0 Å². The number of amides is 1. The largest absolute Gasteiger partial charge is 0.470 e. The molecule has 2 aliphatic heterocycles. The molecule has 1 spiro atoms. The number of rotatable bonds is 3. The first kappa shape index (κ1) is 16.4. The van der Waals surface area contributed by atoms with E-state index >= 15 is 0 Å². The van der Waals surface area contributed by atoms with E-state index in [1.54, 1.807) is 23.5 Å². The van der Waals surface area contributed by atoms with E-state index in [1.165, 1.54) is 0 Å². The van der Waals surface area contributed by atoms with E-state index in [2.05, 4.69) is 4.90 Å². The van der Waals surface area contributed by atoms with Crippen molar-refractivity contribution in [1.29, 1.82) is 0 Å². The van der Waals surface area contributed by atoms with Crippen molar-refractivity contribution in [2.24, 2.45) is 0 Å². The summed E-state index contributed by atoms with van der Waals surface area (Å²) in [6.07, 6.45) is 3.15. The average molecular weight is 346 g/mol. The molecule has 0 radical (unpaired) electrons. The molecule has 0 saturated carbocycles. The molecule has 7 heteroatoms. The zero-order chi connectivity index (χ0) is 17.3. The van der Waals surface area contributed by atoms with Crippen LogP contribution in [0.25, 0.3) is 0 Å². The van der Waals surface area contributed by atoms with Gasteiger partial charge in [-0.15, -0.1) is 0 Å². The predicted molar refractivity (Wildman–Crippen MR) is 89.3 cm³/mol. The van der Waals surface area contributed by atoms with Gasteiger partial charge in [0.1, 0.15) is 30.0 Å². The molecular formula is C18H22N2O5. The van der Waals surface area contributed by atoms with Crippen molar-refractivity contribution in [2.75, 3.05) is 44.4 Å². The summed E-state index contributed by atoms with van der Waals surface area (Å²) in [6, 6.07) is 5.75. The van der Waals surface area contributed by atoms with Crippen LogP contribution in [0.5, 0.6) is 0 Å². The fourth-order valence-corrected chi connectivity index (χ4v) is 3.45. The third-order valence-electron chi connectivity index (χ3n) is 4.67. The highest BCUT2D eigenvalue weighted by Gasteiger charge is 2.43. The molecule has 2 fully saturated rings. The quantitative estimate of drug-likeness (QED) is 0.844. The Kier molecular flexibility index (Phi) is 4.37. The van der Waals surface area contributed by atoms with Gasteiger partial charge in [0, 0.05) is 19.2 Å². The number of carbonyl (C=O) groups is 1. The third-order valence-corrected chi connectivity index (χ3v) is 4.67. The number of morpholine rings is 1. The van der Waals surface area contributed by atoms with Gasteiger partial charge >= 0.3 is 0 Å². The topological polar surface area (TPSA) is 68.3 Å². The standard InChI is InChI=1S/C18H22N2O5/c1-14-2-3-16(25-14)8-19-5-7-23-13-18(11-19)12-20(17(21)10-24-18)15-4-6-22-9-15/h2-4,6,9H,5,7-8,10-13H2,1H3. The van der Waals surface area contributed by atoms with Gasteiger partial charge in [-0.1, -0.05) is 0 Å². The lowest BCUT2D eigenvalue weighted by atomic mass is 10.0. The van der Waals surface area contributed by atoms with Crippen LogP contribution in [0.2, 0.25) is 0 Å². The Balaban J connectivity index is 1.51. The summed E-state index contributed by atoms with van der Waals surface area (Å²) in [5.41, 5.74) is 0.202. The van der Waals surface area contributed by atoms with Crippen molar-refractivity contribution in [2.45, 2.75) is 19.1 Å². The first-order valence-corrected chi connectivity index (χ1v) is 8.46. The molecule has 0 aliphatic carbocycles. The zero-order valence-electron chi connectivity index (χ0n) is 14.3. The van der Waals surface area contributed by atoms with Gasteiger partial charge < -0.3 is 23.2 Å². The Hall–Kier alpha value is -2.09. The summed E-state index contributed by atoms with van der Waals surface area (Å²) >= 11 is 0. The molecule has 2 saturated heterocycles. The van der Waals surface area contributed by atoms with E-state index in [4.69, 9.17) is 18.3 Å². The van der Waals surface area contributed by atoms with Crippen molar-refractivity contribution in [1.82, 2.24) is 4.90 Å². The number of furan rings is 2. The number of hydrogen-bond acceptors (Lipinski definition) is 6. The molecule has 2 aliphatic rings. The third kappa shape index (κ3) is 3.49. The summed E-state index contributed by atoms with van der Waals surface area (Å²) in [5, 5.41) is 0. The molecule has 25 heavy (non-hydrogen) atoms. The second-order valence-corrected chi connectivity index (χ2v) is 6.71. The fraction of sp³-hybridized carbons (Fsp3) is 0.500. The second kappa shape index (κ2) is 6.67.